The third kappa shape index (κ3) is 8.84. The van der Waals surface area contributed by atoms with Crippen molar-refractivity contribution in [3.8, 4) is 0 Å². The second-order valence-electron chi connectivity index (χ2n) is 10.4. The van der Waals surface area contributed by atoms with Gasteiger partial charge in [0.05, 0.1) is 20.6 Å². The first-order valence-corrected chi connectivity index (χ1v) is 16.7. The minimum absolute atomic E-state index is 0.00936. The normalized spacial score (nSPS) is 11.9. The Morgan fingerprint density at radius 2 is 1.49 bits per heavy atom. The minimum Gasteiger partial charge on any atom is -0.354 e. The Kier molecular flexibility index (Phi) is 12.0. The molecule has 0 aromatic heterocycles. The van der Waals surface area contributed by atoms with Gasteiger partial charge in [-0.3, -0.25) is 13.9 Å². The summed E-state index contributed by atoms with van der Waals surface area (Å²) in [5, 5.41) is 2.99. The number of benzene rings is 4. The lowest BCUT2D eigenvalue weighted by Crippen LogP contribution is -2.53. The van der Waals surface area contributed by atoms with Crippen molar-refractivity contribution in [3.05, 3.63) is 130 Å². The molecule has 4 rings (SSSR count). The molecule has 0 saturated heterocycles. The lowest BCUT2D eigenvalue weighted by molar-refractivity contribution is -0.140. The number of hydrogen-bond acceptors (Lipinski definition) is 4. The van der Waals surface area contributed by atoms with Gasteiger partial charge < -0.3 is 10.2 Å². The molecule has 4 aromatic rings. The van der Waals surface area contributed by atoms with E-state index in [2.05, 4.69) is 5.32 Å². The molecule has 0 aliphatic heterocycles. The second kappa shape index (κ2) is 15.9. The summed E-state index contributed by atoms with van der Waals surface area (Å²) < 4.78 is 42.8. The molecule has 11 heteroatoms. The largest absolute Gasteiger partial charge is 0.354 e. The van der Waals surface area contributed by atoms with Crippen molar-refractivity contribution in [1.82, 2.24) is 10.2 Å². The maximum absolute atomic E-state index is 14.4. The Hall–Kier alpha value is -3.92. The highest BCUT2D eigenvalue weighted by Crippen LogP contribution is 2.35. The predicted octanol–water partition coefficient (Wildman–Crippen LogP) is 6.88. The molecule has 1 atom stereocenters. The number of nitrogens with zero attached hydrogens (tertiary/aromatic N) is 2. The van der Waals surface area contributed by atoms with E-state index in [1.165, 1.54) is 59.5 Å². The number of anilines is 1. The standard InChI is InChI=1S/C34H34Cl2FN3O4S/c1-2-3-21-38-34(42)31(22-25-11-6-4-7-12-25)39(23-26-17-19-27(37)20-18-26)32(41)24-40(30-16-10-15-29(35)33(30)36)45(43,44)28-13-8-5-9-14-28/h4-20,31H,2-3,21-24H2,1H3,(H,38,42)/t31-/m0/s1. The van der Waals surface area contributed by atoms with E-state index in [1.54, 1.807) is 18.2 Å². The van der Waals surface area contributed by atoms with Crippen molar-refractivity contribution in [2.75, 3.05) is 17.4 Å². The van der Waals surface area contributed by atoms with E-state index in [1.807, 2.05) is 37.3 Å². The Morgan fingerprint density at radius 3 is 2.13 bits per heavy atom. The number of rotatable bonds is 14. The molecule has 7 nitrogen and oxygen atoms in total. The summed E-state index contributed by atoms with van der Waals surface area (Å²) in [5.41, 5.74) is 1.37. The number of carbonyl (C=O) groups excluding carboxylic acids is 2. The first kappa shape index (κ1) is 34.0. The van der Waals surface area contributed by atoms with Gasteiger partial charge in [0.15, 0.2) is 0 Å². The number of halogens is 3. The maximum atomic E-state index is 14.4. The molecule has 2 amide bonds. The number of carbonyl (C=O) groups is 2. The van der Waals surface area contributed by atoms with Crippen molar-refractivity contribution in [1.29, 1.82) is 0 Å². The molecular weight excluding hydrogens is 636 g/mol. The first-order chi connectivity index (χ1) is 21.6. The highest BCUT2D eigenvalue weighted by atomic mass is 35.5. The summed E-state index contributed by atoms with van der Waals surface area (Å²) >= 11 is 12.8. The zero-order valence-electron chi connectivity index (χ0n) is 24.7. The summed E-state index contributed by atoms with van der Waals surface area (Å²) in [5.74, 6) is -1.51. The van der Waals surface area contributed by atoms with Crippen molar-refractivity contribution in [2.24, 2.45) is 0 Å². The van der Waals surface area contributed by atoms with E-state index in [0.29, 0.717) is 12.1 Å². The zero-order chi connectivity index (χ0) is 32.4. The summed E-state index contributed by atoms with van der Waals surface area (Å²) in [6, 6.07) is 26.0. The molecule has 0 heterocycles. The van der Waals surface area contributed by atoms with Crippen LogP contribution >= 0.6 is 23.2 Å². The second-order valence-corrected chi connectivity index (χ2v) is 13.0. The number of sulfonamides is 1. The number of unbranched alkanes of at least 4 members (excludes halogenated alkanes) is 1. The lowest BCUT2D eigenvalue weighted by atomic mass is 10.0. The van der Waals surface area contributed by atoms with Crippen LogP contribution in [0.15, 0.2) is 108 Å². The van der Waals surface area contributed by atoms with Gasteiger partial charge in [-0.15, -0.1) is 0 Å². The highest BCUT2D eigenvalue weighted by Gasteiger charge is 2.35. The van der Waals surface area contributed by atoms with Crippen LogP contribution < -0.4 is 9.62 Å². The van der Waals surface area contributed by atoms with E-state index < -0.39 is 34.3 Å². The Bertz CT molecular complexity index is 1690. The topological polar surface area (TPSA) is 86.8 Å². The van der Waals surface area contributed by atoms with Gasteiger partial charge >= 0.3 is 0 Å². The Balaban J connectivity index is 1.81. The molecule has 0 spiro atoms. The molecule has 1 N–H and O–H groups in total. The van der Waals surface area contributed by atoms with Gasteiger partial charge in [0.25, 0.3) is 10.0 Å². The van der Waals surface area contributed by atoms with Gasteiger partial charge in [-0.2, -0.15) is 0 Å². The monoisotopic (exact) mass is 669 g/mol. The predicted molar refractivity (Wildman–Crippen MR) is 176 cm³/mol. The fourth-order valence-corrected chi connectivity index (χ4v) is 6.66. The van der Waals surface area contributed by atoms with E-state index in [4.69, 9.17) is 23.2 Å². The van der Waals surface area contributed by atoms with Gasteiger partial charge in [0.2, 0.25) is 11.8 Å². The highest BCUT2D eigenvalue weighted by molar-refractivity contribution is 7.92. The third-order valence-corrected chi connectivity index (χ3v) is 9.76. The number of nitrogens with one attached hydrogen (secondary N) is 1. The minimum atomic E-state index is -4.33. The maximum Gasteiger partial charge on any atom is 0.264 e. The van der Waals surface area contributed by atoms with Gasteiger partial charge in [-0.1, -0.05) is 103 Å². The molecule has 0 radical (unpaired) electrons. The fourth-order valence-electron chi connectivity index (χ4n) is 4.76. The van der Waals surface area contributed by atoms with Crippen LogP contribution in [0.3, 0.4) is 0 Å². The fraction of sp³-hybridized carbons (Fsp3) is 0.235. The Labute approximate surface area is 273 Å². The van der Waals surface area contributed by atoms with Gasteiger partial charge in [-0.05, 0) is 53.9 Å². The summed E-state index contributed by atoms with van der Waals surface area (Å²) in [7, 11) is -4.33. The van der Waals surface area contributed by atoms with Gasteiger partial charge in [0, 0.05) is 19.5 Å². The number of amides is 2. The zero-order valence-corrected chi connectivity index (χ0v) is 27.0. The van der Waals surface area contributed by atoms with E-state index >= 15 is 0 Å². The van der Waals surface area contributed by atoms with Gasteiger partial charge in [0.1, 0.15) is 18.4 Å². The Morgan fingerprint density at radius 1 is 0.844 bits per heavy atom. The van der Waals surface area contributed by atoms with Crippen LogP contribution in [0.25, 0.3) is 0 Å². The van der Waals surface area contributed by atoms with Crippen LogP contribution in [0.2, 0.25) is 10.0 Å². The molecular formula is C34H34Cl2FN3O4S. The van der Waals surface area contributed by atoms with Crippen molar-refractivity contribution in [2.45, 2.75) is 43.7 Å². The molecule has 0 fully saturated rings. The third-order valence-electron chi connectivity index (χ3n) is 7.18. The molecule has 0 aliphatic rings. The summed E-state index contributed by atoms with van der Waals surface area (Å²) in [4.78, 5) is 29.5. The van der Waals surface area contributed by atoms with Crippen LogP contribution in [0.4, 0.5) is 10.1 Å². The number of hydrogen-bond donors (Lipinski definition) is 1. The molecule has 236 valence electrons. The van der Waals surface area contributed by atoms with Crippen LogP contribution in [-0.2, 0) is 32.6 Å². The van der Waals surface area contributed by atoms with E-state index in [0.717, 1.165) is 22.7 Å². The van der Waals surface area contributed by atoms with Crippen molar-refractivity contribution < 1.29 is 22.4 Å². The average molecular weight is 671 g/mol. The quantitative estimate of drug-likeness (QED) is 0.148. The molecule has 45 heavy (non-hydrogen) atoms. The molecule has 0 bridgehead atoms. The average Bonchev–Trinajstić information content (AvgIpc) is 3.04. The smallest absolute Gasteiger partial charge is 0.264 e. The first-order valence-electron chi connectivity index (χ1n) is 14.5. The van der Waals surface area contributed by atoms with Crippen LogP contribution in [0.1, 0.15) is 30.9 Å². The van der Waals surface area contributed by atoms with Crippen LogP contribution in [0, 0.1) is 5.82 Å². The van der Waals surface area contributed by atoms with Crippen molar-refractivity contribution in [3.63, 3.8) is 0 Å². The van der Waals surface area contributed by atoms with Crippen LogP contribution in [0.5, 0.6) is 0 Å². The summed E-state index contributed by atoms with van der Waals surface area (Å²) in [6.45, 7) is 1.64. The van der Waals surface area contributed by atoms with E-state index in [9.17, 15) is 22.4 Å². The molecule has 0 saturated carbocycles. The molecule has 0 aliphatic carbocycles. The lowest BCUT2D eigenvalue weighted by Gasteiger charge is -2.34. The molecule has 0 unspecified atom stereocenters. The van der Waals surface area contributed by atoms with Gasteiger partial charge in [-0.25, -0.2) is 12.8 Å². The summed E-state index contributed by atoms with van der Waals surface area (Å²) in [6.07, 6.45) is 1.76. The van der Waals surface area contributed by atoms with E-state index in [-0.39, 0.29) is 39.5 Å². The molecule has 4 aromatic carbocycles. The van der Waals surface area contributed by atoms with Crippen LogP contribution in [-0.4, -0.2) is 44.3 Å². The SMILES string of the molecule is CCCCNC(=O)[C@H](Cc1ccccc1)N(Cc1ccc(F)cc1)C(=O)CN(c1cccc(Cl)c1Cl)S(=O)(=O)c1ccccc1. The van der Waals surface area contributed by atoms with Crippen molar-refractivity contribution >= 4 is 50.7 Å².